The summed E-state index contributed by atoms with van der Waals surface area (Å²) in [5.74, 6) is 0. The highest BCUT2D eigenvalue weighted by atomic mass is 32.2. The summed E-state index contributed by atoms with van der Waals surface area (Å²) >= 11 is 0. The van der Waals surface area contributed by atoms with Crippen LogP contribution in [0.25, 0.3) is 0 Å². The van der Waals surface area contributed by atoms with Gasteiger partial charge in [0.2, 0.25) is 10.0 Å². The Bertz CT molecular complexity index is 404. The molecule has 0 aromatic heterocycles. The minimum atomic E-state index is -3.03. The van der Waals surface area contributed by atoms with Gasteiger partial charge in [0.1, 0.15) is 0 Å². The quantitative estimate of drug-likeness (QED) is 0.746. The summed E-state index contributed by atoms with van der Waals surface area (Å²) < 4.78 is 24.2. The molecule has 0 spiro atoms. The van der Waals surface area contributed by atoms with Crippen LogP contribution in [0.2, 0.25) is 0 Å². The number of nitriles is 1. The van der Waals surface area contributed by atoms with Gasteiger partial charge in [-0.05, 0) is 33.2 Å². The average molecular weight is 273 g/mol. The molecule has 5 nitrogen and oxygen atoms in total. The first-order valence-corrected chi connectivity index (χ1v) is 8.18. The molecular weight excluding hydrogens is 250 g/mol. The lowest BCUT2D eigenvalue weighted by Gasteiger charge is -2.33. The topological polar surface area (TPSA) is 64.4 Å². The maximum atomic E-state index is 11.3. The Balaban J connectivity index is 2.27. The predicted molar refractivity (Wildman–Crippen MR) is 71.5 cm³/mol. The van der Waals surface area contributed by atoms with Crippen LogP contribution in [0.4, 0.5) is 0 Å². The minimum absolute atomic E-state index is 0.255. The zero-order valence-corrected chi connectivity index (χ0v) is 12.3. The van der Waals surface area contributed by atoms with Gasteiger partial charge in [0.05, 0.1) is 17.7 Å². The molecule has 1 aliphatic rings. The van der Waals surface area contributed by atoms with Crippen LogP contribution in [-0.4, -0.2) is 56.6 Å². The van der Waals surface area contributed by atoms with Crippen LogP contribution in [0.3, 0.4) is 0 Å². The number of hydrogen-bond donors (Lipinski definition) is 0. The molecule has 0 radical (unpaired) electrons. The molecule has 0 aromatic rings. The summed E-state index contributed by atoms with van der Waals surface area (Å²) in [6.45, 7) is 7.60. The standard InChI is InChI=1S/C12H23N3O2S/c1-12(2,11-13)5-4-6-14-7-9-15(10-8-14)18(3,16)17/h4-10H2,1-3H3. The van der Waals surface area contributed by atoms with Gasteiger partial charge >= 0.3 is 0 Å². The van der Waals surface area contributed by atoms with Gasteiger partial charge in [0.15, 0.2) is 0 Å². The number of sulfonamides is 1. The first kappa shape index (κ1) is 15.4. The molecule has 0 saturated carbocycles. The van der Waals surface area contributed by atoms with Crippen molar-refractivity contribution in [2.75, 3.05) is 39.0 Å². The Kier molecular flexibility index (Phi) is 5.14. The molecule has 1 aliphatic heterocycles. The fourth-order valence-electron chi connectivity index (χ4n) is 2.09. The highest BCUT2D eigenvalue weighted by Crippen LogP contribution is 2.21. The van der Waals surface area contributed by atoms with Gasteiger partial charge in [-0.3, -0.25) is 0 Å². The lowest BCUT2D eigenvalue weighted by Crippen LogP contribution is -2.48. The van der Waals surface area contributed by atoms with Gasteiger partial charge in [-0.1, -0.05) is 0 Å². The third-order valence-corrected chi connectivity index (χ3v) is 4.68. The van der Waals surface area contributed by atoms with Gasteiger partial charge in [-0.25, -0.2) is 8.42 Å². The summed E-state index contributed by atoms with van der Waals surface area (Å²) in [7, 11) is -3.03. The summed E-state index contributed by atoms with van der Waals surface area (Å²) in [6, 6.07) is 2.30. The molecule has 1 heterocycles. The van der Waals surface area contributed by atoms with E-state index in [0.29, 0.717) is 13.1 Å². The molecule has 1 saturated heterocycles. The van der Waals surface area contributed by atoms with E-state index in [1.807, 2.05) is 13.8 Å². The van der Waals surface area contributed by atoms with E-state index in [0.717, 1.165) is 32.5 Å². The lowest BCUT2D eigenvalue weighted by atomic mass is 9.90. The van der Waals surface area contributed by atoms with Gasteiger partial charge < -0.3 is 4.90 Å². The molecule has 6 heteroatoms. The summed E-state index contributed by atoms with van der Waals surface area (Å²) in [5, 5.41) is 8.92. The van der Waals surface area contributed by atoms with E-state index >= 15 is 0 Å². The van der Waals surface area contributed by atoms with Crippen molar-refractivity contribution in [1.29, 1.82) is 5.26 Å². The molecule has 0 bridgehead atoms. The highest BCUT2D eigenvalue weighted by molar-refractivity contribution is 7.88. The Hall–Kier alpha value is -0.640. The van der Waals surface area contributed by atoms with E-state index in [1.165, 1.54) is 10.6 Å². The van der Waals surface area contributed by atoms with Crippen LogP contribution in [-0.2, 0) is 10.0 Å². The average Bonchev–Trinajstić information content (AvgIpc) is 2.28. The van der Waals surface area contributed by atoms with Crippen molar-refractivity contribution in [2.45, 2.75) is 26.7 Å². The Morgan fingerprint density at radius 2 is 1.78 bits per heavy atom. The first-order chi connectivity index (χ1) is 8.24. The number of rotatable bonds is 5. The molecule has 1 fully saturated rings. The summed E-state index contributed by atoms with van der Waals surface area (Å²) in [5.41, 5.74) is -0.255. The molecule has 0 aromatic carbocycles. The van der Waals surface area contributed by atoms with Gasteiger partial charge in [0, 0.05) is 26.2 Å². The molecule has 104 valence electrons. The predicted octanol–water partition coefficient (Wildman–Crippen LogP) is 0.894. The normalized spacial score (nSPS) is 19.7. The second kappa shape index (κ2) is 6.00. The molecule has 1 rings (SSSR count). The van der Waals surface area contributed by atoms with E-state index < -0.39 is 10.0 Å². The summed E-state index contributed by atoms with van der Waals surface area (Å²) in [4.78, 5) is 2.27. The maximum Gasteiger partial charge on any atom is 0.211 e. The van der Waals surface area contributed by atoms with Crippen LogP contribution in [0.5, 0.6) is 0 Å². The van der Waals surface area contributed by atoms with Crippen LogP contribution < -0.4 is 0 Å². The van der Waals surface area contributed by atoms with Crippen molar-refractivity contribution in [2.24, 2.45) is 5.41 Å². The molecular formula is C12H23N3O2S. The third kappa shape index (κ3) is 4.92. The van der Waals surface area contributed by atoms with E-state index in [-0.39, 0.29) is 5.41 Å². The lowest BCUT2D eigenvalue weighted by molar-refractivity contribution is 0.182. The van der Waals surface area contributed by atoms with Crippen molar-refractivity contribution >= 4 is 10.0 Å². The third-order valence-electron chi connectivity index (χ3n) is 3.38. The van der Waals surface area contributed by atoms with E-state index in [1.54, 1.807) is 0 Å². The largest absolute Gasteiger partial charge is 0.301 e. The zero-order valence-electron chi connectivity index (χ0n) is 11.5. The van der Waals surface area contributed by atoms with Crippen molar-refractivity contribution < 1.29 is 8.42 Å². The van der Waals surface area contributed by atoms with Crippen LogP contribution >= 0.6 is 0 Å². The second-order valence-corrected chi connectivity index (χ2v) is 7.59. The Morgan fingerprint density at radius 1 is 1.22 bits per heavy atom. The molecule has 18 heavy (non-hydrogen) atoms. The van der Waals surface area contributed by atoms with Crippen molar-refractivity contribution in [3.63, 3.8) is 0 Å². The van der Waals surface area contributed by atoms with Crippen LogP contribution in [0.15, 0.2) is 0 Å². The fraction of sp³-hybridized carbons (Fsp3) is 0.917. The van der Waals surface area contributed by atoms with Gasteiger partial charge in [-0.15, -0.1) is 0 Å². The van der Waals surface area contributed by atoms with Gasteiger partial charge in [-0.2, -0.15) is 9.57 Å². The maximum absolute atomic E-state index is 11.3. The number of piperazine rings is 1. The zero-order chi connectivity index (χ0) is 13.8. The van der Waals surface area contributed by atoms with Gasteiger partial charge in [0.25, 0.3) is 0 Å². The number of nitrogens with zero attached hydrogens (tertiary/aromatic N) is 3. The van der Waals surface area contributed by atoms with E-state index in [9.17, 15) is 8.42 Å². The fourth-order valence-corrected chi connectivity index (χ4v) is 2.91. The highest BCUT2D eigenvalue weighted by Gasteiger charge is 2.23. The monoisotopic (exact) mass is 273 g/mol. The summed E-state index contributed by atoms with van der Waals surface area (Å²) in [6.07, 6.45) is 3.13. The van der Waals surface area contributed by atoms with Crippen LogP contribution in [0.1, 0.15) is 26.7 Å². The van der Waals surface area contributed by atoms with Crippen molar-refractivity contribution in [1.82, 2.24) is 9.21 Å². The number of hydrogen-bond acceptors (Lipinski definition) is 4. The molecule has 0 unspecified atom stereocenters. The molecule has 0 N–H and O–H groups in total. The van der Waals surface area contributed by atoms with E-state index in [2.05, 4.69) is 11.0 Å². The first-order valence-electron chi connectivity index (χ1n) is 6.33. The SMILES string of the molecule is CC(C)(C#N)CCCN1CCN(S(C)(=O)=O)CC1. The minimum Gasteiger partial charge on any atom is -0.301 e. The second-order valence-electron chi connectivity index (χ2n) is 5.60. The Labute approximate surface area is 110 Å². The van der Waals surface area contributed by atoms with Crippen molar-refractivity contribution in [3.8, 4) is 6.07 Å². The molecule has 0 amide bonds. The molecule has 0 aliphatic carbocycles. The van der Waals surface area contributed by atoms with Crippen LogP contribution in [0, 0.1) is 16.7 Å². The Morgan fingerprint density at radius 3 is 2.22 bits per heavy atom. The van der Waals surface area contributed by atoms with Crippen molar-refractivity contribution in [3.05, 3.63) is 0 Å². The van der Waals surface area contributed by atoms with E-state index in [4.69, 9.17) is 5.26 Å². The smallest absolute Gasteiger partial charge is 0.211 e. The molecule has 0 atom stereocenters.